The van der Waals surface area contributed by atoms with Crippen molar-refractivity contribution in [3.05, 3.63) is 28.8 Å². The minimum Gasteiger partial charge on any atom is -0.496 e. The minimum atomic E-state index is -3.13. The number of aryl methyl sites for hydroxylation is 1. The SMILES string of the molecule is CNC(c1ccc(C)c(C)c1OC)C(C)S(C)(=O)=O. The van der Waals surface area contributed by atoms with Crippen LogP contribution in [0, 0.1) is 13.8 Å². The Kier molecular flexibility index (Phi) is 4.98. The molecule has 0 aromatic heterocycles. The zero-order valence-corrected chi connectivity index (χ0v) is 13.3. The van der Waals surface area contributed by atoms with E-state index >= 15 is 0 Å². The molecule has 5 heteroatoms. The van der Waals surface area contributed by atoms with Gasteiger partial charge in [-0.05, 0) is 38.9 Å². The first-order chi connectivity index (χ1) is 8.73. The van der Waals surface area contributed by atoms with E-state index in [1.807, 2.05) is 26.0 Å². The number of hydrogen-bond acceptors (Lipinski definition) is 4. The molecule has 0 saturated carbocycles. The average Bonchev–Trinajstić information content (AvgIpc) is 2.33. The van der Waals surface area contributed by atoms with Gasteiger partial charge in [-0.25, -0.2) is 8.42 Å². The highest BCUT2D eigenvalue weighted by Crippen LogP contribution is 2.33. The molecule has 2 unspecified atom stereocenters. The number of benzene rings is 1. The predicted octanol–water partition coefficient (Wildman–Crippen LogP) is 2.01. The zero-order valence-electron chi connectivity index (χ0n) is 12.4. The first kappa shape index (κ1) is 16.0. The molecule has 1 N–H and O–H groups in total. The minimum absolute atomic E-state index is 0.288. The second-order valence-corrected chi connectivity index (χ2v) is 7.33. The Hall–Kier alpha value is -1.07. The molecule has 1 aromatic rings. The molecule has 0 spiro atoms. The van der Waals surface area contributed by atoms with Crippen molar-refractivity contribution in [3.8, 4) is 5.75 Å². The Morgan fingerprint density at radius 3 is 2.26 bits per heavy atom. The topological polar surface area (TPSA) is 55.4 Å². The largest absolute Gasteiger partial charge is 0.496 e. The first-order valence-corrected chi connectivity index (χ1v) is 8.19. The van der Waals surface area contributed by atoms with Crippen LogP contribution in [0.3, 0.4) is 0 Å². The molecule has 19 heavy (non-hydrogen) atoms. The summed E-state index contributed by atoms with van der Waals surface area (Å²) in [6.07, 6.45) is 1.26. The van der Waals surface area contributed by atoms with E-state index in [9.17, 15) is 8.42 Å². The fraction of sp³-hybridized carbons (Fsp3) is 0.571. The summed E-state index contributed by atoms with van der Waals surface area (Å²) in [6.45, 7) is 5.70. The molecule has 2 atom stereocenters. The molecule has 1 rings (SSSR count). The quantitative estimate of drug-likeness (QED) is 0.899. The number of nitrogens with one attached hydrogen (secondary N) is 1. The second kappa shape index (κ2) is 5.92. The molecule has 108 valence electrons. The predicted molar refractivity (Wildman–Crippen MR) is 78.6 cm³/mol. The van der Waals surface area contributed by atoms with Crippen molar-refractivity contribution in [1.82, 2.24) is 5.32 Å². The van der Waals surface area contributed by atoms with Crippen molar-refractivity contribution in [2.75, 3.05) is 20.4 Å². The van der Waals surface area contributed by atoms with Crippen LogP contribution in [0.15, 0.2) is 12.1 Å². The normalized spacial score (nSPS) is 15.1. The monoisotopic (exact) mass is 285 g/mol. The Morgan fingerprint density at radius 2 is 1.84 bits per heavy atom. The van der Waals surface area contributed by atoms with Crippen LogP contribution in [0.1, 0.15) is 29.7 Å². The smallest absolute Gasteiger partial charge is 0.151 e. The molecule has 0 saturated heterocycles. The summed E-state index contributed by atoms with van der Waals surface area (Å²) in [5, 5.41) is 2.57. The van der Waals surface area contributed by atoms with E-state index in [0.29, 0.717) is 0 Å². The van der Waals surface area contributed by atoms with Gasteiger partial charge < -0.3 is 10.1 Å². The van der Waals surface area contributed by atoms with Crippen molar-refractivity contribution in [1.29, 1.82) is 0 Å². The maximum absolute atomic E-state index is 11.8. The molecule has 0 aliphatic rings. The third-order valence-corrected chi connectivity index (χ3v) is 5.32. The lowest BCUT2D eigenvalue weighted by Crippen LogP contribution is -2.33. The lowest BCUT2D eigenvalue weighted by molar-refractivity contribution is 0.396. The second-order valence-electron chi connectivity index (χ2n) is 4.93. The van der Waals surface area contributed by atoms with Crippen LogP contribution in [0.4, 0.5) is 0 Å². The van der Waals surface area contributed by atoms with E-state index in [0.717, 1.165) is 22.4 Å². The van der Waals surface area contributed by atoms with E-state index in [4.69, 9.17) is 4.74 Å². The summed E-state index contributed by atoms with van der Waals surface area (Å²) in [4.78, 5) is 0. The Balaban J connectivity index is 3.38. The summed E-state index contributed by atoms with van der Waals surface area (Å²) in [6, 6.07) is 3.64. The maximum atomic E-state index is 11.8. The van der Waals surface area contributed by atoms with Gasteiger partial charge in [-0.1, -0.05) is 12.1 Å². The fourth-order valence-corrected chi connectivity index (χ4v) is 2.99. The van der Waals surface area contributed by atoms with Gasteiger partial charge in [0.1, 0.15) is 5.75 Å². The molecule has 1 aromatic carbocycles. The third-order valence-electron chi connectivity index (χ3n) is 3.70. The summed E-state index contributed by atoms with van der Waals surface area (Å²) in [7, 11) is 0.251. The van der Waals surface area contributed by atoms with Crippen LogP contribution >= 0.6 is 0 Å². The van der Waals surface area contributed by atoms with Crippen molar-refractivity contribution < 1.29 is 13.2 Å². The van der Waals surface area contributed by atoms with Gasteiger partial charge in [-0.15, -0.1) is 0 Å². The first-order valence-electron chi connectivity index (χ1n) is 6.24. The van der Waals surface area contributed by atoms with E-state index in [2.05, 4.69) is 5.32 Å². The van der Waals surface area contributed by atoms with Gasteiger partial charge in [-0.2, -0.15) is 0 Å². The Morgan fingerprint density at radius 1 is 1.26 bits per heavy atom. The molecular weight excluding hydrogens is 262 g/mol. The highest BCUT2D eigenvalue weighted by atomic mass is 32.2. The van der Waals surface area contributed by atoms with Crippen molar-refractivity contribution in [2.24, 2.45) is 0 Å². The van der Waals surface area contributed by atoms with E-state index < -0.39 is 15.1 Å². The number of methoxy groups -OCH3 is 1. The van der Waals surface area contributed by atoms with Gasteiger partial charge in [-0.3, -0.25) is 0 Å². The lowest BCUT2D eigenvalue weighted by atomic mass is 9.97. The van der Waals surface area contributed by atoms with Gasteiger partial charge in [0.15, 0.2) is 9.84 Å². The summed E-state index contributed by atoms with van der Waals surface area (Å²) in [5.41, 5.74) is 3.05. The fourth-order valence-electron chi connectivity index (χ4n) is 2.22. The highest BCUT2D eigenvalue weighted by Gasteiger charge is 2.29. The van der Waals surface area contributed by atoms with Crippen LogP contribution in [0.2, 0.25) is 0 Å². The average molecular weight is 285 g/mol. The van der Waals surface area contributed by atoms with E-state index in [-0.39, 0.29) is 6.04 Å². The number of ether oxygens (including phenoxy) is 1. The Labute approximate surface area is 116 Å². The molecular formula is C14H23NO3S. The van der Waals surface area contributed by atoms with Crippen molar-refractivity contribution in [3.63, 3.8) is 0 Å². The number of hydrogen-bond donors (Lipinski definition) is 1. The third kappa shape index (κ3) is 3.28. The lowest BCUT2D eigenvalue weighted by Gasteiger charge is -2.25. The van der Waals surface area contributed by atoms with E-state index in [1.165, 1.54) is 6.26 Å². The van der Waals surface area contributed by atoms with Gasteiger partial charge in [0.25, 0.3) is 0 Å². The summed E-state index contributed by atoms with van der Waals surface area (Å²) < 4.78 is 29.0. The van der Waals surface area contributed by atoms with E-state index in [1.54, 1.807) is 21.1 Å². The maximum Gasteiger partial charge on any atom is 0.151 e. The molecule has 0 radical (unpaired) electrons. The molecule has 0 bridgehead atoms. The standard InChI is InChI=1S/C14H23NO3S/c1-9-7-8-12(14(18-5)10(9)2)13(15-4)11(3)19(6,16)17/h7-8,11,13,15H,1-6H3. The van der Waals surface area contributed by atoms with Crippen LogP contribution in [-0.4, -0.2) is 34.1 Å². The zero-order chi connectivity index (χ0) is 14.8. The molecule has 0 fully saturated rings. The van der Waals surface area contributed by atoms with Gasteiger partial charge in [0.2, 0.25) is 0 Å². The van der Waals surface area contributed by atoms with Gasteiger partial charge >= 0.3 is 0 Å². The van der Waals surface area contributed by atoms with Gasteiger partial charge in [0.05, 0.1) is 18.4 Å². The molecule has 0 aliphatic heterocycles. The summed E-state index contributed by atoms with van der Waals surface area (Å²) >= 11 is 0. The summed E-state index contributed by atoms with van der Waals surface area (Å²) in [5.74, 6) is 0.759. The van der Waals surface area contributed by atoms with Crippen LogP contribution in [-0.2, 0) is 9.84 Å². The van der Waals surface area contributed by atoms with Crippen LogP contribution in [0.25, 0.3) is 0 Å². The highest BCUT2D eigenvalue weighted by molar-refractivity contribution is 7.91. The van der Waals surface area contributed by atoms with Crippen LogP contribution in [0.5, 0.6) is 5.75 Å². The Bertz CT molecular complexity index is 552. The molecule has 0 aliphatic carbocycles. The van der Waals surface area contributed by atoms with Gasteiger partial charge in [0, 0.05) is 11.8 Å². The van der Waals surface area contributed by atoms with Crippen molar-refractivity contribution >= 4 is 9.84 Å². The molecule has 4 nitrogen and oxygen atoms in total. The number of sulfone groups is 1. The van der Waals surface area contributed by atoms with Crippen LogP contribution < -0.4 is 10.1 Å². The number of rotatable bonds is 5. The molecule has 0 amide bonds. The van der Waals surface area contributed by atoms with Crippen molar-refractivity contribution in [2.45, 2.75) is 32.1 Å². The molecule has 0 heterocycles.